The molecule has 0 saturated carbocycles. The fraction of sp³-hybridized carbons (Fsp3) is 0.200. The minimum atomic E-state index is -0.505. The summed E-state index contributed by atoms with van der Waals surface area (Å²) in [6.45, 7) is 0.149. The van der Waals surface area contributed by atoms with Crippen LogP contribution in [0.15, 0.2) is 47.0 Å². The van der Waals surface area contributed by atoms with Gasteiger partial charge in [0, 0.05) is 54.2 Å². The van der Waals surface area contributed by atoms with E-state index >= 15 is 0 Å². The van der Waals surface area contributed by atoms with E-state index < -0.39 is 4.92 Å². The van der Waals surface area contributed by atoms with Gasteiger partial charge in [-0.1, -0.05) is 34.8 Å². The third-order valence-electron chi connectivity index (χ3n) is 4.38. The molecule has 1 amide bonds. The number of aryl methyl sites for hydroxylation is 1. The van der Waals surface area contributed by atoms with Gasteiger partial charge < -0.3 is 9.32 Å². The molecule has 3 aromatic rings. The molecule has 0 fully saturated rings. The number of rotatable bonds is 7. The van der Waals surface area contributed by atoms with Crippen LogP contribution in [0.4, 0.5) is 5.69 Å². The third kappa shape index (κ3) is 5.30. The number of nitro groups is 1. The summed E-state index contributed by atoms with van der Waals surface area (Å²) in [7, 11) is 1.60. The second-order valence-corrected chi connectivity index (χ2v) is 7.78. The largest absolute Gasteiger partial charge is 0.441 e. The van der Waals surface area contributed by atoms with Gasteiger partial charge in [0.15, 0.2) is 11.7 Å². The van der Waals surface area contributed by atoms with Gasteiger partial charge in [-0.25, -0.2) is 4.98 Å². The highest BCUT2D eigenvalue weighted by Crippen LogP contribution is 2.31. The van der Waals surface area contributed by atoms with Gasteiger partial charge in [0.05, 0.1) is 16.1 Å². The van der Waals surface area contributed by atoms with Gasteiger partial charge in [-0.15, -0.1) is 0 Å². The molecule has 30 heavy (non-hydrogen) atoms. The maximum atomic E-state index is 12.5. The summed E-state index contributed by atoms with van der Waals surface area (Å²) in [5.74, 6) is 0.698. The normalized spacial score (nSPS) is 10.8. The van der Waals surface area contributed by atoms with Gasteiger partial charge in [-0.2, -0.15) is 0 Å². The summed E-state index contributed by atoms with van der Waals surface area (Å²) in [6, 6.07) is 9.17. The molecule has 2 aromatic carbocycles. The standard InChI is InChI=1S/C20H16Cl3N3O4/c1-25(11-12-8-14(26(28)29)3-5-16(12)22)20(27)7-6-19-24-10-18(30-19)15-4-2-13(21)9-17(15)23/h2-5,8-10H,6-7,11H2,1H3. The number of nitrogens with zero attached hydrogens (tertiary/aromatic N) is 3. The zero-order chi connectivity index (χ0) is 21.8. The number of amides is 1. The molecule has 10 heteroatoms. The Bertz CT molecular complexity index is 1100. The molecule has 0 bridgehead atoms. The van der Waals surface area contributed by atoms with Crippen LogP contribution >= 0.6 is 34.8 Å². The van der Waals surface area contributed by atoms with Crippen LogP contribution in [0.3, 0.4) is 0 Å². The van der Waals surface area contributed by atoms with E-state index in [1.54, 1.807) is 31.4 Å². The van der Waals surface area contributed by atoms with E-state index in [0.29, 0.717) is 37.8 Å². The summed E-state index contributed by atoms with van der Waals surface area (Å²) in [4.78, 5) is 28.5. The number of benzene rings is 2. The number of carbonyl (C=O) groups is 1. The molecule has 0 N–H and O–H groups in total. The van der Waals surface area contributed by atoms with Crippen LogP contribution in [-0.4, -0.2) is 27.8 Å². The number of halogens is 3. The maximum Gasteiger partial charge on any atom is 0.269 e. The predicted molar refractivity (Wildman–Crippen MR) is 115 cm³/mol. The maximum absolute atomic E-state index is 12.5. The van der Waals surface area contributed by atoms with Gasteiger partial charge in [-0.05, 0) is 29.8 Å². The van der Waals surface area contributed by atoms with Gasteiger partial charge in [0.2, 0.25) is 5.91 Å². The molecule has 0 spiro atoms. The lowest BCUT2D eigenvalue weighted by Crippen LogP contribution is -2.26. The fourth-order valence-corrected chi connectivity index (χ4v) is 3.46. The van der Waals surface area contributed by atoms with E-state index in [0.717, 1.165) is 0 Å². The summed E-state index contributed by atoms with van der Waals surface area (Å²) in [5, 5.41) is 12.2. The summed E-state index contributed by atoms with van der Waals surface area (Å²) in [6.07, 6.45) is 1.98. The number of hydrogen-bond acceptors (Lipinski definition) is 5. The Labute approximate surface area is 187 Å². The van der Waals surface area contributed by atoms with Crippen molar-refractivity contribution in [3.63, 3.8) is 0 Å². The lowest BCUT2D eigenvalue weighted by atomic mass is 10.2. The number of hydrogen-bond donors (Lipinski definition) is 0. The molecule has 0 aliphatic rings. The minimum absolute atomic E-state index is 0.0802. The van der Waals surface area contributed by atoms with E-state index in [9.17, 15) is 14.9 Å². The van der Waals surface area contributed by atoms with E-state index in [1.807, 2.05) is 0 Å². The molecule has 1 heterocycles. The van der Waals surface area contributed by atoms with Crippen molar-refractivity contribution in [3.8, 4) is 11.3 Å². The molecule has 7 nitrogen and oxygen atoms in total. The Hall–Kier alpha value is -2.61. The SMILES string of the molecule is CN(Cc1cc([N+](=O)[O-])ccc1Cl)C(=O)CCc1ncc(-c2ccc(Cl)cc2Cl)o1. The van der Waals surface area contributed by atoms with Crippen molar-refractivity contribution in [2.45, 2.75) is 19.4 Å². The Kier molecular flexibility index (Phi) is 6.97. The Balaban J connectivity index is 1.61. The average molecular weight is 469 g/mol. The Morgan fingerprint density at radius 2 is 1.93 bits per heavy atom. The van der Waals surface area contributed by atoms with E-state index in [1.165, 1.54) is 23.1 Å². The first kappa shape index (κ1) is 22.1. The van der Waals surface area contributed by atoms with Crippen LogP contribution in [0.25, 0.3) is 11.3 Å². The Morgan fingerprint density at radius 1 is 1.17 bits per heavy atom. The summed E-state index contributed by atoms with van der Waals surface area (Å²) in [5.41, 5.74) is 1.07. The van der Waals surface area contributed by atoms with Gasteiger partial charge in [-0.3, -0.25) is 14.9 Å². The van der Waals surface area contributed by atoms with Crippen molar-refractivity contribution in [1.29, 1.82) is 0 Å². The van der Waals surface area contributed by atoms with Crippen LogP contribution in [0.5, 0.6) is 0 Å². The lowest BCUT2D eigenvalue weighted by molar-refractivity contribution is -0.384. The molecular weight excluding hydrogens is 453 g/mol. The fourth-order valence-electron chi connectivity index (χ4n) is 2.78. The van der Waals surface area contributed by atoms with Crippen molar-refractivity contribution in [1.82, 2.24) is 9.88 Å². The molecule has 3 rings (SSSR count). The van der Waals surface area contributed by atoms with Crippen molar-refractivity contribution < 1.29 is 14.1 Å². The average Bonchev–Trinajstić information content (AvgIpc) is 3.16. The number of aromatic nitrogens is 1. The van der Waals surface area contributed by atoms with Gasteiger partial charge in [0.25, 0.3) is 5.69 Å². The molecule has 1 aromatic heterocycles. The zero-order valence-corrected chi connectivity index (χ0v) is 18.0. The van der Waals surface area contributed by atoms with Crippen LogP contribution < -0.4 is 0 Å². The highest BCUT2D eigenvalue weighted by atomic mass is 35.5. The summed E-state index contributed by atoms with van der Waals surface area (Å²) < 4.78 is 5.69. The first-order valence-corrected chi connectivity index (χ1v) is 9.95. The monoisotopic (exact) mass is 467 g/mol. The number of oxazole rings is 1. The minimum Gasteiger partial charge on any atom is -0.441 e. The first-order chi connectivity index (χ1) is 14.2. The highest BCUT2D eigenvalue weighted by Gasteiger charge is 2.16. The first-order valence-electron chi connectivity index (χ1n) is 8.81. The molecule has 0 unspecified atom stereocenters. The summed E-state index contributed by atoms with van der Waals surface area (Å²) >= 11 is 18.2. The van der Waals surface area contributed by atoms with Crippen molar-refractivity contribution in [2.75, 3.05) is 7.05 Å². The van der Waals surface area contributed by atoms with Crippen molar-refractivity contribution >= 4 is 46.4 Å². The lowest BCUT2D eigenvalue weighted by Gasteiger charge is -2.17. The molecule has 0 radical (unpaired) electrons. The second-order valence-electron chi connectivity index (χ2n) is 6.53. The second kappa shape index (κ2) is 9.47. The number of nitro benzene ring substituents is 1. The smallest absolute Gasteiger partial charge is 0.269 e. The quantitative estimate of drug-likeness (QED) is 0.323. The predicted octanol–water partition coefficient (Wildman–Crippen LogP) is 5.80. The van der Waals surface area contributed by atoms with E-state index in [-0.39, 0.29) is 31.0 Å². The van der Waals surface area contributed by atoms with Gasteiger partial charge in [0.1, 0.15) is 0 Å². The topological polar surface area (TPSA) is 89.5 Å². The molecule has 0 atom stereocenters. The molecule has 156 valence electrons. The van der Waals surface area contributed by atoms with Gasteiger partial charge >= 0.3 is 0 Å². The Morgan fingerprint density at radius 3 is 2.63 bits per heavy atom. The molecule has 0 aliphatic carbocycles. The van der Waals surface area contributed by atoms with Crippen LogP contribution in [0.2, 0.25) is 15.1 Å². The van der Waals surface area contributed by atoms with Crippen LogP contribution in [-0.2, 0) is 17.8 Å². The van der Waals surface area contributed by atoms with Crippen molar-refractivity contribution in [3.05, 3.63) is 79.2 Å². The molecule has 0 aliphatic heterocycles. The van der Waals surface area contributed by atoms with Crippen LogP contribution in [0.1, 0.15) is 17.9 Å². The number of non-ortho nitro benzene ring substituents is 1. The molecular formula is C20H16Cl3N3O4. The van der Waals surface area contributed by atoms with Crippen molar-refractivity contribution in [2.24, 2.45) is 0 Å². The number of carbonyl (C=O) groups excluding carboxylic acids is 1. The van der Waals surface area contributed by atoms with E-state index in [4.69, 9.17) is 39.2 Å². The highest BCUT2D eigenvalue weighted by molar-refractivity contribution is 6.36. The third-order valence-corrected chi connectivity index (χ3v) is 5.29. The zero-order valence-electron chi connectivity index (χ0n) is 15.8. The van der Waals surface area contributed by atoms with E-state index in [2.05, 4.69) is 4.98 Å². The molecule has 0 saturated heterocycles. The van der Waals surface area contributed by atoms with Crippen LogP contribution in [0, 0.1) is 10.1 Å².